The number of aryl methyl sites for hydroxylation is 3. The third-order valence-corrected chi connectivity index (χ3v) is 5.47. The highest BCUT2D eigenvalue weighted by Crippen LogP contribution is 2.25. The van der Waals surface area contributed by atoms with Gasteiger partial charge in [0.15, 0.2) is 0 Å². The molecule has 29 heavy (non-hydrogen) atoms. The van der Waals surface area contributed by atoms with Gasteiger partial charge in [-0.3, -0.25) is 19.4 Å². The molecule has 0 aliphatic carbocycles. The van der Waals surface area contributed by atoms with Gasteiger partial charge in [-0.1, -0.05) is 5.16 Å². The molecule has 0 unspecified atom stereocenters. The number of amides is 1. The van der Waals surface area contributed by atoms with Gasteiger partial charge in [-0.15, -0.1) is 0 Å². The molecule has 1 atom stereocenters. The molecular formula is C21H26N6O2. The van der Waals surface area contributed by atoms with Gasteiger partial charge in [0, 0.05) is 44.6 Å². The van der Waals surface area contributed by atoms with Crippen molar-refractivity contribution in [3.63, 3.8) is 0 Å². The van der Waals surface area contributed by atoms with E-state index in [1.165, 1.54) is 0 Å². The molecule has 0 bridgehead atoms. The van der Waals surface area contributed by atoms with E-state index in [9.17, 15) is 4.79 Å². The van der Waals surface area contributed by atoms with Crippen molar-refractivity contribution in [1.82, 2.24) is 29.8 Å². The largest absolute Gasteiger partial charge is 0.361 e. The van der Waals surface area contributed by atoms with Crippen LogP contribution in [-0.2, 0) is 17.8 Å². The smallest absolute Gasteiger partial charge is 0.222 e. The van der Waals surface area contributed by atoms with E-state index in [0.717, 1.165) is 67.3 Å². The van der Waals surface area contributed by atoms with E-state index in [1.54, 1.807) is 12.4 Å². The molecular weight excluding hydrogens is 368 g/mol. The van der Waals surface area contributed by atoms with E-state index in [2.05, 4.69) is 20.2 Å². The molecule has 0 N–H and O–H groups in total. The van der Waals surface area contributed by atoms with Crippen LogP contribution in [0.15, 0.2) is 35.4 Å². The number of hydrogen-bond acceptors (Lipinski definition) is 6. The molecule has 1 amide bonds. The van der Waals surface area contributed by atoms with Crippen LogP contribution in [0.25, 0.3) is 11.3 Å². The van der Waals surface area contributed by atoms with Crippen LogP contribution >= 0.6 is 0 Å². The lowest BCUT2D eigenvalue weighted by Gasteiger charge is -2.16. The molecule has 152 valence electrons. The topological polar surface area (TPSA) is 89.9 Å². The summed E-state index contributed by atoms with van der Waals surface area (Å²) in [7, 11) is 0. The van der Waals surface area contributed by atoms with Crippen molar-refractivity contribution < 1.29 is 9.32 Å². The summed E-state index contributed by atoms with van der Waals surface area (Å²) in [5.41, 5.74) is 3.47. The van der Waals surface area contributed by atoms with E-state index >= 15 is 0 Å². The average molecular weight is 394 g/mol. The summed E-state index contributed by atoms with van der Waals surface area (Å²) >= 11 is 0. The lowest BCUT2D eigenvalue weighted by atomic mass is 10.0. The number of nitrogens with zero attached hydrogens (tertiary/aromatic N) is 6. The fraction of sp³-hybridized carbons (Fsp3) is 0.476. The predicted molar refractivity (Wildman–Crippen MR) is 107 cm³/mol. The Bertz CT molecular complexity index is 929. The average Bonchev–Trinajstić information content (AvgIpc) is 3.45. The molecule has 1 saturated heterocycles. The lowest BCUT2D eigenvalue weighted by molar-refractivity contribution is -0.130. The zero-order valence-corrected chi connectivity index (χ0v) is 16.9. The highest BCUT2D eigenvalue weighted by molar-refractivity contribution is 5.76. The van der Waals surface area contributed by atoms with Gasteiger partial charge < -0.3 is 9.42 Å². The Kier molecular flexibility index (Phi) is 5.69. The van der Waals surface area contributed by atoms with Gasteiger partial charge in [0.05, 0.1) is 28.8 Å². The van der Waals surface area contributed by atoms with Gasteiger partial charge in [0.1, 0.15) is 5.76 Å². The molecule has 8 heteroatoms. The SMILES string of the molecule is Cc1noc(C)c1-c1cnc(C[C@H]2CCN(C(=O)CCCn3cccn3)C2)cn1. The number of carbonyl (C=O) groups is 1. The fourth-order valence-corrected chi connectivity index (χ4v) is 3.94. The van der Waals surface area contributed by atoms with E-state index in [1.807, 2.05) is 41.9 Å². The van der Waals surface area contributed by atoms with Crippen LogP contribution in [0.2, 0.25) is 0 Å². The van der Waals surface area contributed by atoms with Gasteiger partial charge in [0.2, 0.25) is 5.91 Å². The molecule has 3 aromatic heterocycles. The molecule has 1 fully saturated rings. The minimum atomic E-state index is 0.236. The van der Waals surface area contributed by atoms with Crippen molar-refractivity contribution in [3.05, 3.63) is 48.0 Å². The Balaban J connectivity index is 1.27. The molecule has 0 aromatic carbocycles. The standard InChI is InChI=1S/C21H26N6O2/c1-15-21(16(2)29-25-15)19-13-22-18(12-23-19)11-17-6-10-26(14-17)20(28)5-3-8-27-9-4-7-24-27/h4,7,9,12-13,17H,3,5-6,8,10-11,14H2,1-2H3/t17-/m1/s1. The highest BCUT2D eigenvalue weighted by atomic mass is 16.5. The lowest BCUT2D eigenvalue weighted by Crippen LogP contribution is -2.29. The number of carbonyl (C=O) groups excluding carboxylic acids is 1. The Morgan fingerprint density at radius 1 is 1.28 bits per heavy atom. The summed E-state index contributed by atoms with van der Waals surface area (Å²) in [4.78, 5) is 23.6. The highest BCUT2D eigenvalue weighted by Gasteiger charge is 2.26. The van der Waals surface area contributed by atoms with Gasteiger partial charge in [-0.2, -0.15) is 5.10 Å². The number of aromatic nitrogens is 5. The van der Waals surface area contributed by atoms with Gasteiger partial charge in [0.25, 0.3) is 0 Å². The van der Waals surface area contributed by atoms with Gasteiger partial charge in [-0.05, 0) is 45.1 Å². The molecule has 0 radical (unpaired) electrons. The molecule has 0 saturated carbocycles. The minimum Gasteiger partial charge on any atom is -0.361 e. The molecule has 3 aromatic rings. The van der Waals surface area contributed by atoms with Crippen LogP contribution in [0.1, 0.15) is 36.4 Å². The molecule has 0 spiro atoms. The van der Waals surface area contributed by atoms with E-state index in [4.69, 9.17) is 4.52 Å². The monoisotopic (exact) mass is 394 g/mol. The minimum absolute atomic E-state index is 0.236. The van der Waals surface area contributed by atoms with Crippen LogP contribution in [-0.4, -0.2) is 48.8 Å². The summed E-state index contributed by atoms with van der Waals surface area (Å²) in [5.74, 6) is 1.42. The maximum absolute atomic E-state index is 12.5. The van der Waals surface area contributed by atoms with Crippen molar-refractivity contribution in [2.24, 2.45) is 5.92 Å². The maximum atomic E-state index is 12.5. The molecule has 1 aliphatic rings. The summed E-state index contributed by atoms with van der Waals surface area (Å²) in [6.07, 6.45) is 10.5. The Morgan fingerprint density at radius 3 is 2.86 bits per heavy atom. The second-order valence-corrected chi connectivity index (χ2v) is 7.66. The van der Waals surface area contributed by atoms with Crippen molar-refractivity contribution in [1.29, 1.82) is 0 Å². The van der Waals surface area contributed by atoms with Crippen molar-refractivity contribution in [3.8, 4) is 11.3 Å². The van der Waals surface area contributed by atoms with Crippen LogP contribution in [0, 0.1) is 19.8 Å². The molecule has 4 heterocycles. The van der Waals surface area contributed by atoms with Crippen LogP contribution in [0.5, 0.6) is 0 Å². The first-order chi connectivity index (χ1) is 14.1. The quantitative estimate of drug-likeness (QED) is 0.612. The van der Waals surface area contributed by atoms with Crippen LogP contribution < -0.4 is 0 Å². The molecule has 1 aliphatic heterocycles. The van der Waals surface area contributed by atoms with Crippen LogP contribution in [0.3, 0.4) is 0 Å². The number of rotatable bonds is 7. The number of hydrogen-bond donors (Lipinski definition) is 0. The molecule has 8 nitrogen and oxygen atoms in total. The Morgan fingerprint density at radius 2 is 2.17 bits per heavy atom. The Hall–Kier alpha value is -3.03. The van der Waals surface area contributed by atoms with Crippen molar-refractivity contribution >= 4 is 5.91 Å². The first-order valence-electron chi connectivity index (χ1n) is 10.1. The second-order valence-electron chi connectivity index (χ2n) is 7.66. The first-order valence-corrected chi connectivity index (χ1v) is 10.1. The summed E-state index contributed by atoms with van der Waals surface area (Å²) in [5, 5.41) is 8.15. The summed E-state index contributed by atoms with van der Waals surface area (Å²) < 4.78 is 7.08. The van der Waals surface area contributed by atoms with Gasteiger partial charge in [-0.25, -0.2) is 0 Å². The summed E-state index contributed by atoms with van der Waals surface area (Å²) in [6.45, 7) is 6.19. The zero-order chi connectivity index (χ0) is 20.2. The van der Waals surface area contributed by atoms with E-state index < -0.39 is 0 Å². The second kappa shape index (κ2) is 8.55. The zero-order valence-electron chi connectivity index (χ0n) is 16.9. The predicted octanol–water partition coefficient (Wildman–Crippen LogP) is 2.82. The third kappa shape index (κ3) is 4.52. The van der Waals surface area contributed by atoms with Crippen molar-refractivity contribution in [2.75, 3.05) is 13.1 Å². The van der Waals surface area contributed by atoms with E-state index in [0.29, 0.717) is 12.3 Å². The molecule has 4 rings (SSSR count). The van der Waals surface area contributed by atoms with E-state index in [-0.39, 0.29) is 5.91 Å². The van der Waals surface area contributed by atoms with Crippen molar-refractivity contribution in [2.45, 2.75) is 46.1 Å². The first kappa shape index (κ1) is 19.3. The summed E-state index contributed by atoms with van der Waals surface area (Å²) in [6, 6.07) is 1.90. The fourth-order valence-electron chi connectivity index (χ4n) is 3.94. The maximum Gasteiger partial charge on any atom is 0.222 e. The normalized spacial score (nSPS) is 16.5. The number of likely N-dealkylation sites (tertiary alicyclic amines) is 1. The Labute approximate surface area is 169 Å². The van der Waals surface area contributed by atoms with Gasteiger partial charge >= 0.3 is 0 Å². The van der Waals surface area contributed by atoms with Crippen LogP contribution in [0.4, 0.5) is 0 Å². The third-order valence-electron chi connectivity index (χ3n) is 5.47.